The van der Waals surface area contributed by atoms with Crippen LogP contribution < -0.4 is 5.32 Å². The number of para-hydroxylation sites is 2. The van der Waals surface area contributed by atoms with Crippen LogP contribution in [-0.2, 0) is 19.6 Å². The molecule has 110 valence electrons. The van der Waals surface area contributed by atoms with Crippen LogP contribution in [-0.4, -0.2) is 9.55 Å². The number of aromatic nitrogens is 2. The van der Waals surface area contributed by atoms with Gasteiger partial charge < -0.3 is 9.88 Å². The van der Waals surface area contributed by atoms with Crippen molar-refractivity contribution in [3.05, 3.63) is 52.0 Å². The van der Waals surface area contributed by atoms with E-state index in [2.05, 4.69) is 59.4 Å². The van der Waals surface area contributed by atoms with E-state index in [1.165, 1.54) is 16.0 Å². The van der Waals surface area contributed by atoms with Crippen molar-refractivity contribution in [2.75, 3.05) is 0 Å². The number of nitrogens with one attached hydrogen (secondary N) is 1. The molecule has 2 aromatic heterocycles. The maximum absolute atomic E-state index is 4.78. The van der Waals surface area contributed by atoms with Gasteiger partial charge >= 0.3 is 0 Å². The lowest BCUT2D eigenvalue weighted by Crippen LogP contribution is -2.16. The van der Waals surface area contributed by atoms with E-state index in [-0.39, 0.29) is 0 Å². The number of nitrogens with zero attached hydrogens (tertiary/aromatic N) is 2. The third kappa shape index (κ3) is 3.01. The van der Waals surface area contributed by atoms with Crippen LogP contribution in [0, 0.1) is 6.92 Å². The number of rotatable bonds is 6. The normalized spacial score (nSPS) is 11.3. The Kier molecular flexibility index (Phi) is 4.36. The first-order chi connectivity index (χ1) is 10.3. The van der Waals surface area contributed by atoms with Crippen LogP contribution >= 0.6 is 11.3 Å². The van der Waals surface area contributed by atoms with Crippen LogP contribution in [0.5, 0.6) is 0 Å². The van der Waals surface area contributed by atoms with E-state index in [4.69, 9.17) is 4.98 Å². The molecule has 0 amide bonds. The quantitative estimate of drug-likeness (QED) is 0.742. The minimum atomic E-state index is 0.812. The molecule has 0 atom stereocenters. The third-order valence-electron chi connectivity index (χ3n) is 3.72. The third-order valence-corrected chi connectivity index (χ3v) is 4.74. The van der Waals surface area contributed by atoms with E-state index in [0.29, 0.717) is 0 Å². The van der Waals surface area contributed by atoms with E-state index in [9.17, 15) is 0 Å². The molecular formula is C17H21N3S. The average molecular weight is 299 g/mol. The molecule has 0 spiro atoms. The Morgan fingerprint density at radius 3 is 2.81 bits per heavy atom. The molecule has 21 heavy (non-hydrogen) atoms. The summed E-state index contributed by atoms with van der Waals surface area (Å²) < 4.78 is 2.34. The predicted molar refractivity (Wildman–Crippen MR) is 89.6 cm³/mol. The summed E-state index contributed by atoms with van der Waals surface area (Å²) in [5.41, 5.74) is 3.70. The second-order valence-electron chi connectivity index (χ2n) is 5.30. The van der Waals surface area contributed by atoms with Crippen LogP contribution in [0.2, 0.25) is 0 Å². The monoisotopic (exact) mass is 299 g/mol. The number of aryl methyl sites for hydroxylation is 2. The van der Waals surface area contributed by atoms with Gasteiger partial charge in [0.1, 0.15) is 5.82 Å². The van der Waals surface area contributed by atoms with Gasteiger partial charge in [-0.3, -0.25) is 0 Å². The van der Waals surface area contributed by atoms with Crippen molar-refractivity contribution in [3.63, 3.8) is 0 Å². The fourth-order valence-corrected chi connectivity index (χ4v) is 3.48. The van der Waals surface area contributed by atoms with Gasteiger partial charge in [-0.2, -0.15) is 0 Å². The van der Waals surface area contributed by atoms with Crippen molar-refractivity contribution in [2.24, 2.45) is 0 Å². The maximum atomic E-state index is 4.78. The summed E-state index contributed by atoms with van der Waals surface area (Å²) in [7, 11) is 0. The zero-order valence-electron chi connectivity index (χ0n) is 12.6. The van der Waals surface area contributed by atoms with Crippen molar-refractivity contribution in [1.82, 2.24) is 14.9 Å². The number of imidazole rings is 1. The highest BCUT2D eigenvalue weighted by Crippen LogP contribution is 2.18. The lowest BCUT2D eigenvalue weighted by molar-refractivity contribution is 0.600. The number of thiophene rings is 1. The van der Waals surface area contributed by atoms with Crippen LogP contribution in [0.1, 0.15) is 29.6 Å². The molecule has 3 rings (SSSR count). The summed E-state index contributed by atoms with van der Waals surface area (Å²) in [4.78, 5) is 6.19. The standard InChI is InChI=1S/C17H21N3S/c1-3-9-20-15-7-5-4-6-14(15)19-17(20)12-18-11-16-13(2)8-10-21-16/h4-8,10,18H,3,9,11-12H2,1-2H3. The first kappa shape index (κ1) is 14.3. The van der Waals surface area contributed by atoms with Gasteiger partial charge in [-0.25, -0.2) is 4.98 Å². The summed E-state index contributed by atoms with van der Waals surface area (Å²) in [6.07, 6.45) is 1.12. The number of hydrogen-bond donors (Lipinski definition) is 1. The van der Waals surface area contributed by atoms with Crippen LogP contribution in [0.4, 0.5) is 0 Å². The second-order valence-corrected chi connectivity index (χ2v) is 6.30. The van der Waals surface area contributed by atoms with Gasteiger partial charge in [0.25, 0.3) is 0 Å². The summed E-state index contributed by atoms with van der Waals surface area (Å²) in [6, 6.07) is 10.6. The van der Waals surface area contributed by atoms with Crippen LogP contribution in [0.25, 0.3) is 11.0 Å². The molecule has 0 radical (unpaired) electrons. The zero-order valence-corrected chi connectivity index (χ0v) is 13.4. The summed E-state index contributed by atoms with van der Waals surface area (Å²) in [5, 5.41) is 5.68. The van der Waals surface area contributed by atoms with E-state index in [0.717, 1.165) is 37.4 Å². The molecule has 1 N–H and O–H groups in total. The van der Waals surface area contributed by atoms with E-state index in [1.807, 2.05) is 11.3 Å². The number of benzene rings is 1. The SMILES string of the molecule is CCCn1c(CNCc2sccc2C)nc2ccccc21. The molecule has 2 heterocycles. The van der Waals surface area contributed by atoms with Crippen LogP contribution in [0.3, 0.4) is 0 Å². The molecule has 3 aromatic rings. The van der Waals surface area contributed by atoms with Gasteiger partial charge in [0.2, 0.25) is 0 Å². The maximum Gasteiger partial charge on any atom is 0.123 e. The fraction of sp³-hybridized carbons (Fsp3) is 0.353. The summed E-state index contributed by atoms with van der Waals surface area (Å²) in [5.74, 6) is 1.13. The highest BCUT2D eigenvalue weighted by molar-refractivity contribution is 7.10. The molecule has 0 aliphatic rings. The van der Waals surface area contributed by atoms with Gasteiger partial charge in [0.15, 0.2) is 0 Å². The molecule has 0 bridgehead atoms. The van der Waals surface area contributed by atoms with E-state index >= 15 is 0 Å². The minimum Gasteiger partial charge on any atom is -0.327 e. The second kappa shape index (κ2) is 6.41. The predicted octanol–water partition coefficient (Wildman–Crippen LogP) is 4.11. The first-order valence-corrected chi connectivity index (χ1v) is 8.35. The Bertz CT molecular complexity index is 727. The molecular weight excluding hydrogens is 278 g/mol. The lowest BCUT2D eigenvalue weighted by Gasteiger charge is -2.08. The van der Waals surface area contributed by atoms with E-state index < -0.39 is 0 Å². The average Bonchev–Trinajstić information content (AvgIpc) is 3.05. The molecule has 0 saturated carbocycles. The Morgan fingerprint density at radius 1 is 1.19 bits per heavy atom. The van der Waals surface area contributed by atoms with Crippen LogP contribution in [0.15, 0.2) is 35.7 Å². The highest BCUT2D eigenvalue weighted by atomic mass is 32.1. The molecule has 0 fully saturated rings. The first-order valence-electron chi connectivity index (χ1n) is 7.47. The molecule has 1 aromatic carbocycles. The van der Waals surface area contributed by atoms with Gasteiger partial charge in [-0.1, -0.05) is 19.1 Å². The Balaban J connectivity index is 1.76. The Labute approximate surface area is 129 Å². The lowest BCUT2D eigenvalue weighted by atomic mass is 10.3. The van der Waals surface area contributed by atoms with Crippen molar-refractivity contribution in [2.45, 2.75) is 39.9 Å². The molecule has 3 nitrogen and oxygen atoms in total. The van der Waals surface area contributed by atoms with Crippen molar-refractivity contribution in [1.29, 1.82) is 0 Å². The van der Waals surface area contributed by atoms with E-state index in [1.54, 1.807) is 0 Å². The highest BCUT2D eigenvalue weighted by Gasteiger charge is 2.09. The Hall–Kier alpha value is -1.65. The largest absolute Gasteiger partial charge is 0.327 e. The van der Waals surface area contributed by atoms with Gasteiger partial charge in [-0.15, -0.1) is 11.3 Å². The minimum absolute atomic E-state index is 0.812. The van der Waals surface area contributed by atoms with Crippen molar-refractivity contribution < 1.29 is 0 Å². The summed E-state index contributed by atoms with van der Waals surface area (Å²) in [6.45, 7) is 7.13. The fourth-order valence-electron chi connectivity index (χ4n) is 2.61. The Morgan fingerprint density at radius 2 is 2.05 bits per heavy atom. The molecule has 4 heteroatoms. The molecule has 0 aliphatic heterocycles. The molecule has 0 aliphatic carbocycles. The van der Waals surface area contributed by atoms with Crippen molar-refractivity contribution in [3.8, 4) is 0 Å². The number of hydrogen-bond acceptors (Lipinski definition) is 3. The zero-order chi connectivity index (χ0) is 14.7. The smallest absolute Gasteiger partial charge is 0.123 e. The summed E-state index contributed by atoms with van der Waals surface area (Å²) >= 11 is 1.81. The van der Waals surface area contributed by atoms with Gasteiger partial charge in [0, 0.05) is 18.0 Å². The topological polar surface area (TPSA) is 29.9 Å². The number of fused-ring (bicyclic) bond motifs is 1. The van der Waals surface area contributed by atoms with Gasteiger partial charge in [0.05, 0.1) is 17.6 Å². The van der Waals surface area contributed by atoms with Gasteiger partial charge in [-0.05, 0) is 42.5 Å². The van der Waals surface area contributed by atoms with Crippen molar-refractivity contribution >= 4 is 22.4 Å². The molecule has 0 saturated heterocycles. The molecule has 0 unspecified atom stereocenters.